The molecule has 0 unspecified atom stereocenters. The van der Waals surface area contributed by atoms with Crippen LogP contribution >= 0.6 is 11.8 Å². The molecule has 22 heavy (non-hydrogen) atoms. The van der Waals surface area contributed by atoms with Crippen LogP contribution in [0.5, 0.6) is 5.75 Å². The molecule has 0 saturated carbocycles. The highest BCUT2D eigenvalue weighted by atomic mass is 32.2. The summed E-state index contributed by atoms with van der Waals surface area (Å²) < 4.78 is 7.14. The number of thioether (sulfide) groups is 1. The number of ether oxygens (including phenoxy) is 1. The fraction of sp³-hybridized carbons (Fsp3) is 0.375. The van der Waals surface area contributed by atoms with Gasteiger partial charge < -0.3 is 9.64 Å². The van der Waals surface area contributed by atoms with E-state index in [2.05, 4.69) is 4.98 Å². The molecule has 6 heteroatoms. The van der Waals surface area contributed by atoms with Crippen molar-refractivity contribution >= 4 is 17.7 Å². The molecule has 2 rings (SSSR count). The summed E-state index contributed by atoms with van der Waals surface area (Å²) in [4.78, 5) is 18.3. The minimum absolute atomic E-state index is 0.138. The number of amides is 1. The summed E-state index contributed by atoms with van der Waals surface area (Å²) in [5.74, 6) is 1.35. The summed E-state index contributed by atoms with van der Waals surface area (Å²) in [6, 6.07) is 7.75. The number of methoxy groups -OCH3 is 1. The lowest BCUT2D eigenvalue weighted by Crippen LogP contribution is -2.31. The minimum atomic E-state index is 0.138. The summed E-state index contributed by atoms with van der Waals surface area (Å²) in [5.41, 5.74) is 0.996. The largest absolute Gasteiger partial charge is 0.497 e. The van der Waals surface area contributed by atoms with Gasteiger partial charge in [-0.3, -0.25) is 9.36 Å². The zero-order valence-corrected chi connectivity index (χ0v) is 14.0. The van der Waals surface area contributed by atoms with E-state index in [4.69, 9.17) is 4.74 Å². The Morgan fingerprint density at radius 1 is 1.27 bits per heavy atom. The van der Waals surface area contributed by atoms with Crippen molar-refractivity contribution in [1.82, 2.24) is 14.5 Å². The summed E-state index contributed by atoms with van der Waals surface area (Å²) in [6.07, 6.45) is 3.64. The molecular weight excluding hydrogens is 298 g/mol. The van der Waals surface area contributed by atoms with E-state index in [1.54, 1.807) is 13.3 Å². The van der Waals surface area contributed by atoms with E-state index in [1.807, 2.05) is 53.8 Å². The molecule has 118 valence electrons. The fourth-order valence-corrected chi connectivity index (χ4v) is 3.01. The third-order valence-corrected chi connectivity index (χ3v) is 4.35. The van der Waals surface area contributed by atoms with Gasteiger partial charge in [-0.2, -0.15) is 0 Å². The fourth-order valence-electron chi connectivity index (χ4n) is 2.13. The van der Waals surface area contributed by atoms with Crippen LogP contribution in [-0.2, 0) is 4.79 Å². The number of imidazole rings is 1. The molecule has 0 bridgehead atoms. The molecule has 1 amide bonds. The molecule has 0 saturated heterocycles. The zero-order chi connectivity index (χ0) is 15.9. The van der Waals surface area contributed by atoms with Crippen molar-refractivity contribution < 1.29 is 9.53 Å². The number of aromatic nitrogens is 2. The molecule has 0 aliphatic carbocycles. The van der Waals surface area contributed by atoms with Gasteiger partial charge in [0.15, 0.2) is 5.16 Å². The highest BCUT2D eigenvalue weighted by Gasteiger charge is 2.13. The first kappa shape index (κ1) is 16.4. The predicted molar refractivity (Wildman–Crippen MR) is 88.8 cm³/mol. The maximum absolute atomic E-state index is 12.1. The second-order valence-electron chi connectivity index (χ2n) is 4.63. The van der Waals surface area contributed by atoms with E-state index in [9.17, 15) is 4.79 Å². The Kier molecular flexibility index (Phi) is 5.89. The lowest BCUT2D eigenvalue weighted by Gasteiger charge is -2.18. The van der Waals surface area contributed by atoms with Gasteiger partial charge in [0.25, 0.3) is 0 Å². The number of nitrogens with zero attached hydrogens (tertiary/aromatic N) is 3. The van der Waals surface area contributed by atoms with Crippen LogP contribution in [0.4, 0.5) is 0 Å². The van der Waals surface area contributed by atoms with Gasteiger partial charge in [0.1, 0.15) is 5.75 Å². The Morgan fingerprint density at radius 3 is 2.55 bits per heavy atom. The van der Waals surface area contributed by atoms with Crippen LogP contribution in [-0.4, -0.2) is 46.3 Å². The average Bonchev–Trinajstić information content (AvgIpc) is 3.02. The Morgan fingerprint density at radius 2 is 1.95 bits per heavy atom. The maximum Gasteiger partial charge on any atom is 0.233 e. The summed E-state index contributed by atoms with van der Waals surface area (Å²) in [6.45, 7) is 5.46. The molecule has 2 aromatic rings. The van der Waals surface area contributed by atoms with E-state index in [-0.39, 0.29) is 5.91 Å². The van der Waals surface area contributed by atoms with E-state index >= 15 is 0 Å². The van der Waals surface area contributed by atoms with Crippen molar-refractivity contribution in [2.45, 2.75) is 19.0 Å². The zero-order valence-electron chi connectivity index (χ0n) is 13.2. The molecule has 0 aliphatic heterocycles. The second-order valence-corrected chi connectivity index (χ2v) is 5.58. The number of benzene rings is 1. The number of hydrogen-bond acceptors (Lipinski definition) is 4. The minimum Gasteiger partial charge on any atom is -0.497 e. The van der Waals surface area contributed by atoms with Gasteiger partial charge >= 0.3 is 0 Å². The molecule has 0 N–H and O–H groups in total. The molecule has 1 heterocycles. The number of hydrogen-bond donors (Lipinski definition) is 0. The van der Waals surface area contributed by atoms with Crippen molar-refractivity contribution in [3.63, 3.8) is 0 Å². The highest BCUT2D eigenvalue weighted by Crippen LogP contribution is 2.22. The Balaban J connectivity index is 2.07. The van der Waals surface area contributed by atoms with E-state index in [0.29, 0.717) is 5.75 Å². The Labute approximate surface area is 135 Å². The van der Waals surface area contributed by atoms with Crippen LogP contribution in [0.2, 0.25) is 0 Å². The summed E-state index contributed by atoms with van der Waals surface area (Å²) >= 11 is 1.46. The quantitative estimate of drug-likeness (QED) is 0.736. The Hall–Kier alpha value is -1.95. The van der Waals surface area contributed by atoms with Crippen molar-refractivity contribution in [2.24, 2.45) is 0 Å². The van der Waals surface area contributed by atoms with Gasteiger partial charge in [-0.15, -0.1) is 0 Å². The SMILES string of the molecule is CCN(CC)C(=O)CSc1nccn1-c1ccc(OC)cc1. The molecule has 5 nitrogen and oxygen atoms in total. The molecule has 0 aliphatic rings. The topological polar surface area (TPSA) is 47.4 Å². The van der Waals surface area contributed by atoms with Crippen molar-refractivity contribution in [2.75, 3.05) is 26.0 Å². The van der Waals surface area contributed by atoms with Crippen molar-refractivity contribution in [3.8, 4) is 11.4 Å². The van der Waals surface area contributed by atoms with Crippen LogP contribution in [0, 0.1) is 0 Å². The van der Waals surface area contributed by atoms with Crippen LogP contribution in [0.15, 0.2) is 41.8 Å². The van der Waals surface area contributed by atoms with E-state index in [0.717, 1.165) is 29.7 Å². The van der Waals surface area contributed by atoms with Crippen LogP contribution < -0.4 is 4.74 Å². The first-order chi connectivity index (χ1) is 10.7. The lowest BCUT2D eigenvalue weighted by molar-refractivity contribution is -0.127. The average molecular weight is 319 g/mol. The van der Waals surface area contributed by atoms with Gasteiger partial charge in [0.2, 0.25) is 5.91 Å². The van der Waals surface area contributed by atoms with Crippen molar-refractivity contribution in [1.29, 1.82) is 0 Å². The normalized spacial score (nSPS) is 10.5. The lowest BCUT2D eigenvalue weighted by atomic mass is 10.3. The monoisotopic (exact) mass is 319 g/mol. The first-order valence-corrected chi connectivity index (χ1v) is 8.26. The Bertz CT molecular complexity index is 606. The number of carbonyl (C=O) groups excluding carboxylic acids is 1. The van der Waals surface area contributed by atoms with Crippen molar-refractivity contribution in [3.05, 3.63) is 36.7 Å². The standard InChI is InChI=1S/C16H21N3O2S/c1-4-18(5-2)15(20)12-22-16-17-10-11-19(16)13-6-8-14(21-3)9-7-13/h6-11H,4-5,12H2,1-3H3. The first-order valence-electron chi connectivity index (χ1n) is 7.28. The molecule has 0 radical (unpaired) electrons. The summed E-state index contributed by atoms with van der Waals surface area (Å²) in [7, 11) is 1.65. The number of carbonyl (C=O) groups is 1. The third-order valence-electron chi connectivity index (χ3n) is 3.40. The van der Waals surface area contributed by atoms with Gasteiger partial charge in [0, 0.05) is 31.2 Å². The molecular formula is C16H21N3O2S. The second kappa shape index (κ2) is 7.89. The van der Waals surface area contributed by atoms with Crippen LogP contribution in [0.1, 0.15) is 13.8 Å². The van der Waals surface area contributed by atoms with Gasteiger partial charge in [0.05, 0.1) is 12.9 Å². The van der Waals surface area contributed by atoms with Gasteiger partial charge in [-0.1, -0.05) is 11.8 Å². The van der Waals surface area contributed by atoms with E-state index in [1.165, 1.54) is 11.8 Å². The smallest absolute Gasteiger partial charge is 0.233 e. The molecule has 1 aromatic carbocycles. The molecule has 0 fully saturated rings. The third kappa shape index (κ3) is 3.82. The highest BCUT2D eigenvalue weighted by molar-refractivity contribution is 7.99. The van der Waals surface area contributed by atoms with Crippen LogP contribution in [0.25, 0.3) is 5.69 Å². The molecule has 1 aromatic heterocycles. The maximum atomic E-state index is 12.1. The predicted octanol–water partition coefficient (Wildman–Crippen LogP) is 2.84. The number of rotatable bonds is 7. The molecule has 0 spiro atoms. The molecule has 0 atom stereocenters. The van der Waals surface area contributed by atoms with Crippen LogP contribution in [0.3, 0.4) is 0 Å². The van der Waals surface area contributed by atoms with E-state index < -0.39 is 0 Å². The summed E-state index contributed by atoms with van der Waals surface area (Å²) in [5, 5.41) is 0.811. The van der Waals surface area contributed by atoms with Gasteiger partial charge in [-0.25, -0.2) is 4.98 Å². The van der Waals surface area contributed by atoms with Gasteiger partial charge in [-0.05, 0) is 38.1 Å².